The SMILES string of the molecule is C=CC(=O)OCCOC(=O)NC1CC(C)(C)CC(C)(CCC(=O)OCC(C)OCC(C)OC(=O)CC2CC(C)(C)CC(C)(C(C)NC(=O)OCCOC(=O)C=C)C2)C1. The van der Waals surface area contributed by atoms with Crippen LogP contribution in [-0.2, 0) is 52.3 Å². The molecule has 2 N–H and O–H groups in total. The number of hydrogen-bond acceptors (Lipinski definition) is 13. The lowest BCUT2D eigenvalue weighted by Crippen LogP contribution is -2.50. The van der Waals surface area contributed by atoms with Gasteiger partial charge in [0.25, 0.3) is 0 Å². The van der Waals surface area contributed by atoms with Crippen molar-refractivity contribution in [2.24, 2.45) is 27.6 Å². The molecular formula is C43H70N2O13. The van der Waals surface area contributed by atoms with Crippen LogP contribution < -0.4 is 10.6 Å². The summed E-state index contributed by atoms with van der Waals surface area (Å²) in [5.74, 6) is -1.80. The van der Waals surface area contributed by atoms with Gasteiger partial charge in [-0.05, 0) is 93.3 Å². The molecular weight excluding hydrogens is 752 g/mol. The first-order chi connectivity index (χ1) is 27.0. The van der Waals surface area contributed by atoms with E-state index in [1.807, 2.05) is 6.92 Å². The third kappa shape index (κ3) is 19.1. The standard InChI is InChI=1S/C43H70N2O13/c1-12-34(46)52-16-18-54-38(50)44-31(5)43(11)22-32(21-40(6,7)28-43)20-37(49)58-30(4)26-56-29(3)25-57-36(48)14-15-42(10)24-33(23-41(8,9)27-42)45-39(51)55-19-17-53-35(47)13-2/h12-13,29-33H,1-2,14-28H2,3-11H3,(H,44,50)(H,45,51). The Hall–Kier alpha value is -4.14. The summed E-state index contributed by atoms with van der Waals surface area (Å²) in [4.78, 5) is 73.1. The van der Waals surface area contributed by atoms with Crippen LogP contribution in [0, 0.1) is 27.6 Å². The normalized spacial score (nSPS) is 25.0. The Kier molecular flexibility index (Phi) is 19.7. The zero-order chi connectivity index (χ0) is 43.7. The summed E-state index contributed by atoms with van der Waals surface area (Å²) in [5, 5.41) is 5.84. The molecule has 15 nitrogen and oxygen atoms in total. The Morgan fingerprint density at radius 1 is 0.672 bits per heavy atom. The molecule has 7 unspecified atom stereocenters. The Morgan fingerprint density at radius 2 is 1.24 bits per heavy atom. The molecule has 2 aliphatic carbocycles. The molecule has 0 spiro atoms. The van der Waals surface area contributed by atoms with Gasteiger partial charge in [0.15, 0.2) is 0 Å². The van der Waals surface area contributed by atoms with E-state index in [0.29, 0.717) is 19.3 Å². The van der Waals surface area contributed by atoms with Gasteiger partial charge in [-0.1, -0.05) is 54.7 Å². The van der Waals surface area contributed by atoms with Gasteiger partial charge in [-0.3, -0.25) is 9.59 Å². The molecule has 7 atom stereocenters. The predicted octanol–water partition coefficient (Wildman–Crippen LogP) is 6.75. The maximum atomic E-state index is 13.1. The number of alkyl carbamates (subject to hydrolysis) is 2. The lowest BCUT2D eigenvalue weighted by atomic mass is 9.58. The Morgan fingerprint density at radius 3 is 1.84 bits per heavy atom. The van der Waals surface area contributed by atoms with E-state index in [2.05, 4.69) is 65.3 Å². The highest BCUT2D eigenvalue weighted by Gasteiger charge is 2.46. The summed E-state index contributed by atoms with van der Waals surface area (Å²) in [6.45, 7) is 24.9. The van der Waals surface area contributed by atoms with Crippen molar-refractivity contribution in [1.82, 2.24) is 10.6 Å². The lowest BCUT2D eigenvalue weighted by Gasteiger charge is -2.49. The summed E-state index contributed by atoms with van der Waals surface area (Å²) in [6.07, 6.45) is 5.66. The number of ether oxygens (including phenoxy) is 7. The summed E-state index contributed by atoms with van der Waals surface area (Å²) in [6, 6.07) is -0.396. The molecule has 0 aromatic carbocycles. The molecule has 0 aromatic heterocycles. The summed E-state index contributed by atoms with van der Waals surface area (Å²) in [5.41, 5.74) is -0.689. The molecule has 2 saturated carbocycles. The molecule has 2 rings (SSSR count). The van der Waals surface area contributed by atoms with Crippen molar-refractivity contribution in [3.05, 3.63) is 25.3 Å². The summed E-state index contributed by atoms with van der Waals surface area (Å²) in [7, 11) is 0. The number of hydrogen-bond donors (Lipinski definition) is 2. The maximum Gasteiger partial charge on any atom is 0.407 e. The number of carbonyl (C=O) groups is 6. The van der Waals surface area contributed by atoms with Gasteiger partial charge in [-0.25, -0.2) is 19.2 Å². The average molecular weight is 823 g/mol. The lowest BCUT2D eigenvalue weighted by molar-refractivity contribution is -0.156. The van der Waals surface area contributed by atoms with Gasteiger partial charge < -0.3 is 43.8 Å². The van der Waals surface area contributed by atoms with E-state index in [9.17, 15) is 28.8 Å². The first-order valence-electron chi connectivity index (χ1n) is 20.4. The van der Waals surface area contributed by atoms with Crippen LogP contribution in [0.5, 0.6) is 0 Å². The predicted molar refractivity (Wildman–Crippen MR) is 215 cm³/mol. The number of amides is 2. The van der Waals surface area contributed by atoms with E-state index >= 15 is 0 Å². The zero-order valence-electron chi connectivity index (χ0n) is 36.4. The quantitative estimate of drug-likeness (QED) is 0.0505. The fraction of sp³-hybridized carbons (Fsp3) is 0.767. The van der Waals surface area contributed by atoms with Crippen LogP contribution in [0.3, 0.4) is 0 Å². The number of carbonyl (C=O) groups excluding carboxylic acids is 6. The highest BCUT2D eigenvalue weighted by molar-refractivity contribution is 5.81. The van der Waals surface area contributed by atoms with Gasteiger partial charge >= 0.3 is 36.1 Å². The molecule has 15 heteroatoms. The van der Waals surface area contributed by atoms with Crippen molar-refractivity contribution in [3.63, 3.8) is 0 Å². The van der Waals surface area contributed by atoms with Crippen LogP contribution in [-0.4, -0.2) is 100.0 Å². The molecule has 0 saturated heterocycles. The maximum absolute atomic E-state index is 13.1. The van der Waals surface area contributed by atoms with Gasteiger partial charge in [0.1, 0.15) is 39.1 Å². The van der Waals surface area contributed by atoms with Crippen LogP contribution in [0.2, 0.25) is 0 Å². The minimum atomic E-state index is -0.604. The van der Waals surface area contributed by atoms with Crippen molar-refractivity contribution < 1.29 is 61.9 Å². The molecule has 2 aliphatic rings. The van der Waals surface area contributed by atoms with E-state index in [1.54, 1.807) is 13.8 Å². The zero-order valence-corrected chi connectivity index (χ0v) is 36.4. The largest absolute Gasteiger partial charge is 0.463 e. The summed E-state index contributed by atoms with van der Waals surface area (Å²) < 4.78 is 37.1. The van der Waals surface area contributed by atoms with Crippen LogP contribution in [0.4, 0.5) is 9.59 Å². The fourth-order valence-electron chi connectivity index (χ4n) is 9.00. The van der Waals surface area contributed by atoms with Gasteiger partial charge in [-0.15, -0.1) is 0 Å². The second-order valence-electron chi connectivity index (χ2n) is 18.4. The smallest absolute Gasteiger partial charge is 0.407 e. The molecule has 0 bridgehead atoms. The van der Waals surface area contributed by atoms with Gasteiger partial charge in [0, 0.05) is 37.1 Å². The first-order valence-corrected chi connectivity index (χ1v) is 20.4. The van der Waals surface area contributed by atoms with Crippen LogP contribution in [0.25, 0.3) is 0 Å². The average Bonchev–Trinajstić information content (AvgIpc) is 3.10. The minimum Gasteiger partial charge on any atom is -0.463 e. The minimum absolute atomic E-state index is 0.0406. The third-order valence-corrected chi connectivity index (χ3v) is 10.9. The van der Waals surface area contributed by atoms with Gasteiger partial charge in [-0.2, -0.15) is 0 Å². The fourth-order valence-corrected chi connectivity index (χ4v) is 9.00. The second kappa shape index (κ2) is 22.9. The Bertz CT molecular complexity index is 1430. The second-order valence-corrected chi connectivity index (χ2v) is 18.4. The van der Waals surface area contributed by atoms with Crippen LogP contribution in [0.1, 0.15) is 120 Å². The van der Waals surface area contributed by atoms with E-state index in [-0.39, 0.29) is 104 Å². The molecule has 0 aliphatic heterocycles. The third-order valence-electron chi connectivity index (χ3n) is 10.9. The number of rotatable bonds is 22. The molecule has 2 fully saturated rings. The Labute approximate surface area is 345 Å². The van der Waals surface area contributed by atoms with Crippen molar-refractivity contribution in [3.8, 4) is 0 Å². The van der Waals surface area contributed by atoms with E-state index < -0.39 is 36.3 Å². The van der Waals surface area contributed by atoms with Gasteiger partial charge in [0.05, 0.1) is 12.7 Å². The highest BCUT2D eigenvalue weighted by atomic mass is 16.6. The van der Waals surface area contributed by atoms with Crippen molar-refractivity contribution in [1.29, 1.82) is 0 Å². The van der Waals surface area contributed by atoms with E-state index in [1.165, 1.54) is 0 Å². The van der Waals surface area contributed by atoms with E-state index in [0.717, 1.165) is 37.8 Å². The molecule has 330 valence electrons. The topological polar surface area (TPSA) is 191 Å². The van der Waals surface area contributed by atoms with Gasteiger partial charge in [0.2, 0.25) is 0 Å². The van der Waals surface area contributed by atoms with Crippen LogP contribution >= 0.6 is 0 Å². The molecule has 0 aromatic rings. The van der Waals surface area contributed by atoms with Crippen LogP contribution in [0.15, 0.2) is 25.3 Å². The highest BCUT2D eigenvalue weighted by Crippen LogP contribution is 2.51. The monoisotopic (exact) mass is 822 g/mol. The molecule has 0 radical (unpaired) electrons. The summed E-state index contributed by atoms with van der Waals surface area (Å²) >= 11 is 0. The van der Waals surface area contributed by atoms with Crippen molar-refractivity contribution in [2.45, 2.75) is 144 Å². The molecule has 58 heavy (non-hydrogen) atoms. The first kappa shape index (κ1) is 50.0. The Balaban J connectivity index is 1.74. The van der Waals surface area contributed by atoms with E-state index in [4.69, 9.17) is 33.2 Å². The number of esters is 4. The molecule has 0 heterocycles. The number of nitrogens with one attached hydrogen (secondary N) is 2. The van der Waals surface area contributed by atoms with Crippen molar-refractivity contribution >= 4 is 36.1 Å². The van der Waals surface area contributed by atoms with Crippen molar-refractivity contribution in [2.75, 3.05) is 39.6 Å². The molecule has 2 amide bonds.